The van der Waals surface area contributed by atoms with Gasteiger partial charge in [0.05, 0.1) is 33.3 Å². The molecule has 0 saturated heterocycles. The van der Waals surface area contributed by atoms with E-state index in [0.29, 0.717) is 17.1 Å². The number of aliphatic imine (C=N–C) groups is 1. The van der Waals surface area contributed by atoms with Crippen molar-refractivity contribution in [3.8, 4) is 11.5 Å². The second-order valence-electron chi connectivity index (χ2n) is 5.50. The number of ether oxygens (including phenoxy) is 3. The van der Waals surface area contributed by atoms with Gasteiger partial charge in [0.15, 0.2) is 17.2 Å². The van der Waals surface area contributed by atoms with Crippen LogP contribution in [0.15, 0.2) is 41.0 Å². The fourth-order valence-electron chi connectivity index (χ4n) is 2.49. The van der Waals surface area contributed by atoms with E-state index in [4.69, 9.17) is 25.8 Å². The molecule has 3 rings (SSSR count). The fraction of sp³-hybridized carbons (Fsp3) is 0.111. The summed E-state index contributed by atoms with van der Waals surface area (Å²) in [6.07, 6.45) is 1.52. The van der Waals surface area contributed by atoms with Crippen LogP contribution in [0.5, 0.6) is 11.5 Å². The summed E-state index contributed by atoms with van der Waals surface area (Å²) in [5.74, 6) is 0.285. The van der Waals surface area contributed by atoms with E-state index in [1.807, 2.05) is 0 Å². The van der Waals surface area contributed by atoms with E-state index in [1.54, 1.807) is 12.1 Å². The minimum Gasteiger partial charge on any atom is -0.493 e. The van der Waals surface area contributed by atoms with Crippen molar-refractivity contribution in [2.75, 3.05) is 14.2 Å². The highest BCUT2D eigenvalue weighted by Gasteiger charge is 2.27. The van der Waals surface area contributed by atoms with Crippen LogP contribution in [0.3, 0.4) is 0 Å². The lowest BCUT2D eigenvalue weighted by molar-refractivity contribution is -0.384. The van der Waals surface area contributed by atoms with Crippen molar-refractivity contribution in [2.45, 2.75) is 0 Å². The molecule has 1 aliphatic rings. The number of rotatable bonds is 5. The zero-order valence-electron chi connectivity index (χ0n) is 14.6. The van der Waals surface area contributed by atoms with E-state index in [1.165, 1.54) is 38.5 Å². The molecule has 0 fully saturated rings. The number of nitrogens with zero attached hydrogens (tertiary/aromatic N) is 2. The topological polar surface area (TPSA) is 100 Å². The van der Waals surface area contributed by atoms with Crippen molar-refractivity contribution in [3.63, 3.8) is 0 Å². The van der Waals surface area contributed by atoms with Crippen LogP contribution < -0.4 is 9.47 Å². The van der Waals surface area contributed by atoms with Crippen LogP contribution in [0.25, 0.3) is 6.08 Å². The van der Waals surface area contributed by atoms with Gasteiger partial charge in [-0.15, -0.1) is 0 Å². The van der Waals surface area contributed by atoms with Gasteiger partial charge < -0.3 is 14.2 Å². The van der Waals surface area contributed by atoms with E-state index >= 15 is 0 Å². The molecule has 0 atom stereocenters. The Kier molecular flexibility index (Phi) is 5.84. The number of cyclic esters (lactones) is 1. The molecule has 0 spiro atoms. The molecule has 0 radical (unpaired) electrons. The Morgan fingerprint density at radius 3 is 2.64 bits per heavy atom. The quantitative estimate of drug-likeness (QED) is 0.195. The fourth-order valence-corrected chi connectivity index (χ4v) is 3.54. The van der Waals surface area contributed by atoms with E-state index in [0.717, 1.165) is 3.57 Å². The molecule has 2 aromatic rings. The van der Waals surface area contributed by atoms with Gasteiger partial charge >= 0.3 is 5.97 Å². The third-order valence-electron chi connectivity index (χ3n) is 3.77. The molecule has 1 heterocycles. The first-order valence-electron chi connectivity index (χ1n) is 7.72. The molecule has 0 N–H and O–H groups in total. The highest BCUT2D eigenvalue weighted by atomic mass is 127. The molecule has 2 aromatic carbocycles. The molecular weight excluding hydrogens is 503 g/mol. The number of halogens is 2. The molecule has 0 bridgehead atoms. The lowest BCUT2D eigenvalue weighted by Gasteiger charge is -2.10. The molecule has 8 nitrogen and oxygen atoms in total. The van der Waals surface area contributed by atoms with Gasteiger partial charge in [-0.05, 0) is 52.4 Å². The summed E-state index contributed by atoms with van der Waals surface area (Å²) in [7, 11) is 3.04. The monoisotopic (exact) mass is 514 g/mol. The minimum atomic E-state index is -0.692. The van der Waals surface area contributed by atoms with Crippen LogP contribution in [-0.2, 0) is 9.53 Å². The number of esters is 1. The van der Waals surface area contributed by atoms with Gasteiger partial charge in [-0.2, -0.15) is 0 Å². The Balaban J connectivity index is 2.02. The van der Waals surface area contributed by atoms with Gasteiger partial charge in [-0.3, -0.25) is 10.1 Å². The van der Waals surface area contributed by atoms with Crippen molar-refractivity contribution in [1.82, 2.24) is 0 Å². The van der Waals surface area contributed by atoms with Crippen LogP contribution >= 0.6 is 34.2 Å². The van der Waals surface area contributed by atoms with Gasteiger partial charge in [0, 0.05) is 12.1 Å². The van der Waals surface area contributed by atoms with E-state index < -0.39 is 10.9 Å². The molecule has 0 saturated carbocycles. The van der Waals surface area contributed by atoms with E-state index in [2.05, 4.69) is 27.6 Å². The summed E-state index contributed by atoms with van der Waals surface area (Å²) in [6.45, 7) is 0. The zero-order chi connectivity index (χ0) is 20.4. The van der Waals surface area contributed by atoms with Crippen LogP contribution in [0.1, 0.15) is 11.1 Å². The average molecular weight is 515 g/mol. The predicted molar refractivity (Wildman–Crippen MR) is 111 cm³/mol. The van der Waals surface area contributed by atoms with Crippen LogP contribution in [-0.4, -0.2) is 31.0 Å². The number of nitro groups is 1. The normalized spacial score (nSPS) is 14.6. The SMILES string of the molecule is COc1cc(C=C2N=C(c3cc([N+](=O)[O-])ccc3Cl)OC2=O)cc(I)c1OC. The Morgan fingerprint density at radius 1 is 1.25 bits per heavy atom. The maximum Gasteiger partial charge on any atom is 0.363 e. The van der Waals surface area contributed by atoms with Gasteiger partial charge in [0.2, 0.25) is 5.90 Å². The summed E-state index contributed by atoms with van der Waals surface area (Å²) >= 11 is 8.17. The molecular formula is C18H12ClIN2O6. The lowest BCUT2D eigenvalue weighted by Crippen LogP contribution is -2.06. The Hall–Kier alpha value is -2.66. The summed E-state index contributed by atoms with van der Waals surface area (Å²) < 4.78 is 16.5. The number of carbonyl (C=O) groups is 1. The largest absolute Gasteiger partial charge is 0.493 e. The zero-order valence-corrected chi connectivity index (χ0v) is 17.5. The first-order valence-corrected chi connectivity index (χ1v) is 9.18. The second kappa shape index (κ2) is 8.15. The molecule has 1 aliphatic heterocycles. The molecule has 28 heavy (non-hydrogen) atoms. The summed E-state index contributed by atoms with van der Waals surface area (Å²) in [5.41, 5.74) is 0.643. The number of methoxy groups -OCH3 is 2. The summed E-state index contributed by atoms with van der Waals surface area (Å²) in [5, 5.41) is 11.2. The predicted octanol–water partition coefficient (Wildman–Crippen LogP) is 4.21. The minimum absolute atomic E-state index is 0.0283. The standard InChI is InChI=1S/C18H12ClIN2O6/c1-26-15-7-9(5-13(20)16(15)27-2)6-14-18(23)28-17(21-14)11-8-10(22(24)25)3-4-12(11)19/h3-8H,1-2H3. The molecule has 0 aliphatic carbocycles. The third kappa shape index (κ3) is 3.94. The van der Waals surface area contributed by atoms with Crippen molar-refractivity contribution in [1.29, 1.82) is 0 Å². The van der Waals surface area contributed by atoms with Crippen LogP contribution in [0.2, 0.25) is 5.02 Å². The van der Waals surface area contributed by atoms with Crippen molar-refractivity contribution in [2.24, 2.45) is 4.99 Å². The third-order valence-corrected chi connectivity index (χ3v) is 4.90. The van der Waals surface area contributed by atoms with Crippen molar-refractivity contribution < 1.29 is 23.9 Å². The first-order chi connectivity index (χ1) is 13.3. The highest BCUT2D eigenvalue weighted by molar-refractivity contribution is 14.1. The number of carbonyl (C=O) groups excluding carboxylic acids is 1. The maximum atomic E-state index is 12.2. The summed E-state index contributed by atoms with van der Waals surface area (Å²) in [4.78, 5) is 26.8. The number of nitro benzene ring substituents is 1. The number of hydrogen-bond donors (Lipinski definition) is 0. The van der Waals surface area contributed by atoms with Gasteiger partial charge in [-0.25, -0.2) is 9.79 Å². The number of hydrogen-bond acceptors (Lipinski definition) is 7. The van der Waals surface area contributed by atoms with Gasteiger partial charge in [-0.1, -0.05) is 11.6 Å². The van der Waals surface area contributed by atoms with Crippen LogP contribution in [0, 0.1) is 13.7 Å². The van der Waals surface area contributed by atoms with Crippen molar-refractivity contribution in [3.05, 3.63) is 65.9 Å². The number of benzene rings is 2. The van der Waals surface area contributed by atoms with E-state index in [9.17, 15) is 14.9 Å². The average Bonchev–Trinajstić information content (AvgIpc) is 3.01. The lowest BCUT2D eigenvalue weighted by atomic mass is 10.1. The molecule has 0 amide bonds. The second-order valence-corrected chi connectivity index (χ2v) is 7.06. The van der Waals surface area contributed by atoms with E-state index in [-0.39, 0.29) is 27.9 Å². The smallest absolute Gasteiger partial charge is 0.363 e. The summed E-state index contributed by atoms with van der Waals surface area (Å²) in [6, 6.07) is 7.29. The molecule has 10 heteroatoms. The van der Waals surface area contributed by atoms with Gasteiger partial charge in [0.1, 0.15) is 0 Å². The Labute approximate surface area is 178 Å². The Bertz CT molecular complexity index is 1050. The molecule has 0 unspecified atom stereocenters. The van der Waals surface area contributed by atoms with Crippen molar-refractivity contribution >= 4 is 57.8 Å². The Morgan fingerprint density at radius 2 is 2.00 bits per heavy atom. The number of non-ortho nitro benzene ring substituents is 1. The van der Waals surface area contributed by atoms with Crippen LogP contribution in [0.4, 0.5) is 5.69 Å². The molecule has 144 valence electrons. The first kappa shape index (κ1) is 20.1. The van der Waals surface area contributed by atoms with Gasteiger partial charge in [0.25, 0.3) is 5.69 Å². The molecule has 0 aromatic heterocycles. The maximum absolute atomic E-state index is 12.2. The highest BCUT2D eigenvalue weighted by Crippen LogP contribution is 2.35.